The fourth-order valence-electron chi connectivity index (χ4n) is 1.61. The van der Waals surface area contributed by atoms with Gasteiger partial charge in [0.05, 0.1) is 5.52 Å². The molecule has 0 fully saturated rings. The van der Waals surface area contributed by atoms with E-state index in [4.69, 9.17) is 11.5 Å². The Morgan fingerprint density at radius 2 is 2.07 bits per heavy atom. The Balaban J connectivity index is 2.30. The molecule has 1 atom stereocenters. The quantitative estimate of drug-likeness (QED) is 0.780. The van der Waals surface area contributed by atoms with Crippen LogP contribution in [0.1, 0.15) is 5.56 Å². The van der Waals surface area contributed by atoms with Gasteiger partial charge in [0.1, 0.15) is 0 Å². The first-order valence-electron chi connectivity index (χ1n) is 5.09. The smallest absolute Gasteiger partial charge is 0.0702 e. The van der Waals surface area contributed by atoms with Crippen molar-refractivity contribution in [1.29, 1.82) is 0 Å². The molecule has 4 N–H and O–H groups in total. The summed E-state index contributed by atoms with van der Waals surface area (Å²) in [4.78, 5) is 4.37. The van der Waals surface area contributed by atoms with Crippen LogP contribution in [0.25, 0.3) is 10.9 Å². The average molecular weight is 201 g/mol. The van der Waals surface area contributed by atoms with Gasteiger partial charge in [-0.25, -0.2) is 0 Å². The maximum absolute atomic E-state index is 5.80. The van der Waals surface area contributed by atoms with E-state index in [0.717, 1.165) is 22.9 Å². The van der Waals surface area contributed by atoms with Crippen molar-refractivity contribution in [2.24, 2.45) is 11.5 Å². The lowest BCUT2D eigenvalue weighted by atomic mass is 10.1. The Hall–Kier alpha value is -1.45. The van der Waals surface area contributed by atoms with Crippen LogP contribution in [0, 0.1) is 0 Å². The van der Waals surface area contributed by atoms with Gasteiger partial charge in [0.2, 0.25) is 0 Å². The zero-order valence-corrected chi connectivity index (χ0v) is 8.56. The maximum atomic E-state index is 5.80. The molecule has 0 bridgehead atoms. The van der Waals surface area contributed by atoms with E-state index in [1.807, 2.05) is 24.4 Å². The molecule has 1 heterocycles. The molecule has 0 saturated heterocycles. The molecule has 1 aromatic carbocycles. The summed E-state index contributed by atoms with van der Waals surface area (Å²) >= 11 is 0. The third-order valence-electron chi connectivity index (χ3n) is 2.45. The predicted molar refractivity (Wildman–Crippen MR) is 62.5 cm³/mol. The molecule has 0 aliphatic carbocycles. The average Bonchev–Trinajstić information content (AvgIpc) is 2.29. The molecule has 1 unspecified atom stereocenters. The van der Waals surface area contributed by atoms with Crippen LogP contribution in [0.2, 0.25) is 0 Å². The summed E-state index contributed by atoms with van der Waals surface area (Å²) in [6, 6.07) is 10.2. The van der Waals surface area contributed by atoms with Crippen molar-refractivity contribution in [2.75, 3.05) is 6.54 Å². The van der Waals surface area contributed by atoms with Gasteiger partial charge in [-0.05, 0) is 24.1 Å². The van der Waals surface area contributed by atoms with Crippen molar-refractivity contribution >= 4 is 10.9 Å². The Kier molecular flexibility index (Phi) is 2.94. The van der Waals surface area contributed by atoms with E-state index >= 15 is 0 Å². The Bertz CT molecular complexity index is 453. The molecule has 0 spiro atoms. The van der Waals surface area contributed by atoms with Crippen molar-refractivity contribution < 1.29 is 0 Å². The first-order valence-corrected chi connectivity index (χ1v) is 5.09. The topological polar surface area (TPSA) is 64.9 Å². The third-order valence-corrected chi connectivity index (χ3v) is 2.45. The molecule has 2 aromatic rings. The molecule has 0 saturated carbocycles. The second kappa shape index (κ2) is 4.38. The summed E-state index contributed by atoms with van der Waals surface area (Å²) in [6.07, 6.45) is 2.66. The van der Waals surface area contributed by atoms with E-state index in [1.54, 1.807) is 0 Å². The van der Waals surface area contributed by atoms with Gasteiger partial charge in [-0.3, -0.25) is 4.98 Å². The molecule has 0 radical (unpaired) electrons. The van der Waals surface area contributed by atoms with E-state index < -0.39 is 0 Å². The third kappa shape index (κ3) is 2.32. The number of nitrogens with zero attached hydrogens (tertiary/aromatic N) is 1. The number of aromatic nitrogens is 1. The molecule has 3 heteroatoms. The molecule has 15 heavy (non-hydrogen) atoms. The van der Waals surface area contributed by atoms with Crippen molar-refractivity contribution in [3.8, 4) is 0 Å². The highest BCUT2D eigenvalue weighted by Crippen LogP contribution is 2.13. The summed E-state index contributed by atoms with van der Waals surface area (Å²) in [5.41, 5.74) is 13.4. The van der Waals surface area contributed by atoms with Crippen LogP contribution in [0.5, 0.6) is 0 Å². The largest absolute Gasteiger partial charge is 0.329 e. The van der Waals surface area contributed by atoms with Gasteiger partial charge >= 0.3 is 0 Å². The van der Waals surface area contributed by atoms with Crippen LogP contribution >= 0.6 is 0 Å². The Labute approximate surface area is 89.1 Å². The van der Waals surface area contributed by atoms with Crippen LogP contribution in [0.3, 0.4) is 0 Å². The second-order valence-electron chi connectivity index (χ2n) is 3.74. The fraction of sp³-hybridized carbons (Fsp3) is 0.250. The molecule has 1 aromatic heterocycles. The molecular weight excluding hydrogens is 186 g/mol. The summed E-state index contributed by atoms with van der Waals surface area (Å²) in [6.45, 7) is 0.507. The van der Waals surface area contributed by atoms with Crippen molar-refractivity contribution in [3.63, 3.8) is 0 Å². The number of nitrogens with two attached hydrogens (primary N) is 2. The molecule has 3 nitrogen and oxygen atoms in total. The summed E-state index contributed by atoms with van der Waals surface area (Å²) in [7, 11) is 0. The van der Waals surface area contributed by atoms with Crippen LogP contribution < -0.4 is 11.5 Å². The minimum atomic E-state index is 0.0213. The Morgan fingerprint density at radius 3 is 2.87 bits per heavy atom. The molecule has 2 rings (SSSR count). The van der Waals surface area contributed by atoms with Gasteiger partial charge in [-0.15, -0.1) is 0 Å². The van der Waals surface area contributed by atoms with Crippen LogP contribution in [0.4, 0.5) is 0 Å². The molecule has 0 amide bonds. The van der Waals surface area contributed by atoms with E-state index in [2.05, 4.69) is 17.1 Å². The monoisotopic (exact) mass is 201 g/mol. The highest BCUT2D eigenvalue weighted by molar-refractivity contribution is 5.78. The zero-order valence-electron chi connectivity index (χ0n) is 8.56. The van der Waals surface area contributed by atoms with E-state index in [9.17, 15) is 0 Å². The van der Waals surface area contributed by atoms with Gasteiger partial charge < -0.3 is 11.5 Å². The molecular formula is C12H15N3. The summed E-state index contributed by atoms with van der Waals surface area (Å²) in [5.74, 6) is 0. The Morgan fingerprint density at radius 1 is 1.27 bits per heavy atom. The lowest BCUT2D eigenvalue weighted by molar-refractivity contribution is 0.678. The number of fused-ring (bicyclic) bond motifs is 1. The van der Waals surface area contributed by atoms with E-state index in [1.165, 1.54) is 0 Å². The fourth-order valence-corrected chi connectivity index (χ4v) is 1.61. The van der Waals surface area contributed by atoms with E-state index in [0.29, 0.717) is 6.54 Å². The van der Waals surface area contributed by atoms with Gasteiger partial charge in [-0.2, -0.15) is 0 Å². The van der Waals surface area contributed by atoms with Crippen LogP contribution in [0.15, 0.2) is 36.5 Å². The lowest BCUT2D eigenvalue weighted by Crippen LogP contribution is -2.31. The molecule has 78 valence electrons. The lowest BCUT2D eigenvalue weighted by Gasteiger charge is -2.08. The number of pyridine rings is 1. The van der Waals surface area contributed by atoms with Crippen molar-refractivity contribution in [1.82, 2.24) is 4.98 Å². The highest BCUT2D eigenvalue weighted by Gasteiger charge is 2.02. The minimum absolute atomic E-state index is 0.0213. The van der Waals surface area contributed by atoms with Crippen LogP contribution in [-0.2, 0) is 6.42 Å². The zero-order chi connectivity index (χ0) is 10.7. The van der Waals surface area contributed by atoms with E-state index in [-0.39, 0.29) is 6.04 Å². The van der Waals surface area contributed by atoms with Gasteiger partial charge in [0.25, 0.3) is 0 Å². The summed E-state index contributed by atoms with van der Waals surface area (Å²) < 4.78 is 0. The SMILES string of the molecule is NCC(N)Cc1cnc2ccccc2c1. The number of hydrogen-bond donors (Lipinski definition) is 2. The second-order valence-corrected chi connectivity index (χ2v) is 3.74. The van der Waals surface area contributed by atoms with Gasteiger partial charge in [0.15, 0.2) is 0 Å². The van der Waals surface area contributed by atoms with Gasteiger partial charge in [-0.1, -0.05) is 18.2 Å². The number of hydrogen-bond acceptors (Lipinski definition) is 3. The molecule has 0 aliphatic heterocycles. The number of benzene rings is 1. The van der Waals surface area contributed by atoms with Crippen LogP contribution in [-0.4, -0.2) is 17.6 Å². The maximum Gasteiger partial charge on any atom is 0.0702 e. The first-order chi connectivity index (χ1) is 7.29. The normalized spacial score (nSPS) is 12.9. The standard InChI is InChI=1S/C12H15N3/c13-7-11(14)6-9-5-10-3-1-2-4-12(10)15-8-9/h1-5,8,11H,6-7,13-14H2. The summed E-state index contributed by atoms with van der Waals surface area (Å²) in [5, 5.41) is 1.15. The predicted octanol–water partition coefficient (Wildman–Crippen LogP) is 1.06. The van der Waals surface area contributed by atoms with Crippen molar-refractivity contribution in [3.05, 3.63) is 42.1 Å². The highest BCUT2D eigenvalue weighted by atomic mass is 14.7. The van der Waals surface area contributed by atoms with Gasteiger partial charge in [0, 0.05) is 24.2 Å². The molecule has 0 aliphatic rings. The minimum Gasteiger partial charge on any atom is -0.329 e. The number of para-hydroxylation sites is 1. The number of rotatable bonds is 3. The van der Waals surface area contributed by atoms with Crippen molar-refractivity contribution in [2.45, 2.75) is 12.5 Å². The first kappa shape index (κ1) is 10.1.